The number of aliphatic hydroxyl groups is 2. The Morgan fingerprint density at radius 2 is 0.624 bits per heavy atom. The van der Waals surface area contributed by atoms with Gasteiger partial charge in [-0.05, 0) is 186 Å². The van der Waals surface area contributed by atoms with Crippen molar-refractivity contribution >= 4 is 175 Å². The first-order valence-electron chi connectivity index (χ1n) is 37.6. The van der Waals surface area contributed by atoms with E-state index in [2.05, 4.69) is 205 Å². The Hall–Kier alpha value is -5.49. The maximum absolute atomic E-state index is 14.0. The zero-order valence-corrected chi connectivity index (χ0v) is 84.1. The number of hydrogen-bond acceptors (Lipinski definition) is 6. The van der Waals surface area contributed by atoms with E-state index in [1.807, 2.05) is 196 Å². The fourth-order valence-electron chi connectivity index (χ4n) is 14.0. The summed E-state index contributed by atoms with van der Waals surface area (Å²) in [5, 5.41) is 30.2. The van der Waals surface area contributed by atoms with Gasteiger partial charge in [0.05, 0.1) is 46.0 Å². The zero-order valence-electron chi connectivity index (χ0n) is 65.4. The summed E-state index contributed by atoms with van der Waals surface area (Å²) in [6.45, 7) is 21.2. The normalized spacial score (nSPS) is 11.3. The number of para-hydroxylation sites is 3. The average molecular weight is 2510 g/mol. The van der Waals surface area contributed by atoms with Gasteiger partial charge in [0.2, 0.25) is 0 Å². The number of carbonyl (C=O) groups excluding carboxylic acids is 4. The monoisotopic (exact) mass is 2510 g/mol. The van der Waals surface area contributed by atoms with Crippen LogP contribution < -0.4 is 29.2 Å². The van der Waals surface area contributed by atoms with Gasteiger partial charge in [0.15, 0.2) is 0 Å². The van der Waals surface area contributed by atoms with E-state index in [1.165, 1.54) is 36.4 Å². The van der Waals surface area contributed by atoms with E-state index in [0.29, 0.717) is 98.7 Å². The van der Waals surface area contributed by atoms with Crippen LogP contribution in [0.25, 0.3) is 67.2 Å². The first-order valence-corrected chi connectivity index (χ1v) is 70.0. The Balaban J connectivity index is 0.000000230. The Kier molecular flexibility index (Phi) is 43.9. The van der Waals surface area contributed by atoms with Crippen molar-refractivity contribution in [2.75, 3.05) is 16.0 Å². The summed E-state index contributed by atoms with van der Waals surface area (Å²) in [4.78, 5) is 52.8. The summed E-state index contributed by atoms with van der Waals surface area (Å²) in [6.07, 6.45) is 5.43. The number of amides is 3. The van der Waals surface area contributed by atoms with Crippen LogP contribution in [0.4, 0.5) is 30.2 Å². The summed E-state index contributed by atoms with van der Waals surface area (Å²) in [6, 6.07) is 76.5. The molecule has 0 aliphatic carbocycles. The van der Waals surface area contributed by atoms with E-state index in [0.717, 1.165) is 90.5 Å². The van der Waals surface area contributed by atoms with Crippen molar-refractivity contribution in [3.05, 3.63) is 331 Å². The average Bonchev–Trinajstić information content (AvgIpc) is 1.60. The number of anilines is 3. The molecule has 0 radical (unpaired) electrons. The molecule has 0 saturated carbocycles. The van der Waals surface area contributed by atoms with E-state index >= 15 is 0 Å². The summed E-state index contributed by atoms with van der Waals surface area (Å²) in [5.74, 6) is -1.60. The van der Waals surface area contributed by atoms with Crippen molar-refractivity contribution in [3.63, 3.8) is 0 Å². The van der Waals surface area contributed by atoms with Crippen LogP contribution in [0.3, 0.4) is 0 Å². The number of rotatable bonds is 28. The molecule has 24 heteroatoms. The summed E-state index contributed by atoms with van der Waals surface area (Å²) in [7, 11) is 0. The van der Waals surface area contributed by atoms with Crippen molar-refractivity contribution in [2.45, 2.75) is 123 Å². The Labute approximate surface area is 777 Å². The maximum atomic E-state index is 14.0. The van der Waals surface area contributed by atoms with Gasteiger partial charge in [-0.15, -0.1) is 13.2 Å². The molecule has 9 aromatic carbocycles. The number of halogens is 11. The molecule has 0 saturated heterocycles. The van der Waals surface area contributed by atoms with E-state index < -0.39 is 12.2 Å². The molecule has 12 rings (SSSR count). The van der Waals surface area contributed by atoms with Crippen molar-refractivity contribution in [2.24, 2.45) is 0 Å². The van der Waals surface area contributed by atoms with Crippen molar-refractivity contribution < 1.29 is 60.7 Å². The fraction of sp³-hybridized carbons (Fsp3) is 0.204. The predicted octanol–water partition coefficient (Wildman–Crippen LogP) is 25.5. The molecule has 3 amide bonds. The van der Waals surface area contributed by atoms with Gasteiger partial charge in [-0.3, -0.25) is 14.4 Å². The van der Waals surface area contributed by atoms with Gasteiger partial charge in [0, 0.05) is 114 Å². The predicted molar refractivity (Wildman–Crippen MR) is 531 cm³/mol. The minimum atomic E-state index is -0.553. The molecule has 12 nitrogen and oxygen atoms in total. The molecule has 0 bridgehead atoms. The fourth-order valence-corrected chi connectivity index (χ4v) is 14.0. The number of aliphatic hydroxyl groups excluding tert-OH is 2. The number of carbonyl (C=O) groups is 4. The first-order chi connectivity index (χ1) is 56.5. The molecule has 0 spiro atoms. The molecule has 3 aromatic heterocycles. The van der Waals surface area contributed by atoms with E-state index in [9.17, 15) is 42.6 Å². The van der Waals surface area contributed by atoms with Gasteiger partial charge >= 0.3 is 115 Å². The Bertz CT molecular complexity index is 4870. The van der Waals surface area contributed by atoms with Crippen LogP contribution in [0.15, 0.2) is 280 Å². The molecule has 0 fully saturated rings. The van der Waals surface area contributed by atoms with Crippen LogP contribution in [-0.2, 0) is 29.3 Å². The Morgan fingerprint density at radius 3 is 0.838 bits per heavy atom. The van der Waals surface area contributed by atoms with Gasteiger partial charge in [-0.2, -0.15) is 0 Å². The van der Waals surface area contributed by atoms with Crippen LogP contribution in [-0.4, -0.2) is 60.1 Å². The van der Waals surface area contributed by atoms with Crippen molar-refractivity contribution in [1.29, 1.82) is 0 Å². The third-order valence-corrected chi connectivity index (χ3v) is 18.6. The van der Waals surface area contributed by atoms with Crippen LogP contribution >= 0.6 is 134 Å². The number of benzene rings is 9. The molecule has 0 aliphatic heterocycles. The summed E-state index contributed by atoms with van der Waals surface area (Å²) >= 11 is 16.9. The van der Waals surface area contributed by atoms with Crippen LogP contribution in [0.1, 0.15) is 140 Å². The molecule has 1 unspecified atom stereocenters. The molecule has 5 N–H and O–H groups in total. The van der Waals surface area contributed by atoms with Crippen LogP contribution in [0.2, 0.25) is 0 Å². The third kappa shape index (κ3) is 28.8. The third-order valence-electron chi connectivity index (χ3n) is 18.6. The van der Waals surface area contributed by atoms with Crippen molar-refractivity contribution in [1.82, 2.24) is 13.7 Å². The van der Waals surface area contributed by atoms with Gasteiger partial charge in [0.1, 0.15) is 23.7 Å². The SMILES string of the molecule is C=CCC(O)CCn1c(-c2ccc(F)cc2)c(-c2ccccc2)c(C(=O)Nc2ccccc2)c1C(C)C.C=CC[C@H](O)CCn1c(-c2ccc(F)cc2)c(-c2ccccc2)c(C(=O)Nc2ccccc2)c1C(C)C.CC(C)c1c(C(=O)Nc2ccccc2)c(-c2ccccc2)c(-c2ccc(F)cc2)n1CCC=O.II.I[I-]I.[I][V]([I])[I]. The molecule has 12 aromatic rings. The number of aromatic nitrogens is 3. The van der Waals surface area contributed by atoms with Crippen molar-refractivity contribution in [3.8, 4) is 67.2 Å². The second-order valence-corrected chi connectivity index (χ2v) is 79.2. The molecule has 614 valence electrons. The molecule has 117 heavy (non-hydrogen) atoms. The standard InChI is InChI=1S/2C32H33FN2O2.C29H27FN2O2.I3.I2.3HI.V/c2*1-4-11-27(36)20-21-35-30(22(2)3)29(32(37)34-26-14-9-6-10-15-26)28(23-12-7-5-8-13-23)31(35)24-16-18-25(33)19-17-24;1-20(2)27-26(29(34)31-24-12-7-4-8-13-24)25(21-10-5-3-6-11-21)28(32(27)18-9-19-33)22-14-16-23(30)17-15-22;1-3-2;1-2;;;;/h2*4-10,12-19,22,27,36H,1,11,20-21H2,2-3H3,(H,34,37);3-8,10-17,19-20H,9,18H2,1-2H3,(H,31,34);;;3*1H;/q;;;-1;;;;;+3/p-3/t27-;;;;;;;;/m0......../s1. The van der Waals surface area contributed by atoms with Gasteiger partial charge < -0.3 is 44.7 Å². The quantitative estimate of drug-likeness (QED) is 0.0186. The van der Waals surface area contributed by atoms with Crippen LogP contribution in [0, 0.1) is 17.5 Å². The minimum absolute atomic E-state index is 0.000152. The van der Waals surface area contributed by atoms with E-state index in [-0.39, 0.29) is 57.8 Å². The molecular weight excluding hydrogens is 2420 g/mol. The molecule has 0 aliphatic rings. The second-order valence-electron chi connectivity index (χ2n) is 27.6. The number of aldehydes is 1. The van der Waals surface area contributed by atoms with Gasteiger partial charge in [-0.1, -0.05) is 199 Å². The zero-order chi connectivity index (χ0) is 85.1. The number of nitrogens with one attached hydrogen (secondary N) is 3. The number of hydrogen-bond donors (Lipinski definition) is 5. The first kappa shape index (κ1) is 98.6. The van der Waals surface area contributed by atoms with E-state index in [4.69, 9.17) is 0 Å². The topological polar surface area (TPSA) is 160 Å². The van der Waals surface area contributed by atoms with Gasteiger partial charge in [-0.25, -0.2) is 13.2 Å². The Morgan fingerprint density at radius 1 is 0.402 bits per heavy atom. The second kappa shape index (κ2) is 52.1. The molecule has 2 atom stereocenters. The number of nitrogens with zero attached hydrogens (tertiary/aromatic N) is 3. The van der Waals surface area contributed by atoms with Gasteiger partial charge in [0.25, 0.3) is 17.7 Å². The van der Waals surface area contributed by atoms with E-state index in [1.54, 1.807) is 48.6 Å². The molecular formula is C93H93F3I8N6O6V-. The summed E-state index contributed by atoms with van der Waals surface area (Å²) in [5.41, 5.74) is 16.3. The van der Waals surface area contributed by atoms with Crippen LogP contribution in [0.5, 0.6) is 0 Å². The summed E-state index contributed by atoms with van der Waals surface area (Å²) < 4.78 is 48.0. The molecule has 3 heterocycles.